The van der Waals surface area contributed by atoms with E-state index in [2.05, 4.69) is 10.1 Å². The predicted octanol–water partition coefficient (Wildman–Crippen LogP) is 1.36. The molecule has 0 aliphatic carbocycles. The molecule has 1 unspecified atom stereocenters. The molecule has 88 valence electrons. The van der Waals surface area contributed by atoms with E-state index in [1.807, 2.05) is 0 Å². The van der Waals surface area contributed by atoms with Gasteiger partial charge in [0.2, 0.25) is 0 Å². The maximum atomic E-state index is 10.5. The maximum absolute atomic E-state index is 10.5. The van der Waals surface area contributed by atoms with Gasteiger partial charge in [-0.1, -0.05) is 5.16 Å². The fourth-order valence-electron chi connectivity index (χ4n) is 2.18. The molecule has 16 heavy (non-hydrogen) atoms. The number of rotatable bonds is 5. The zero-order chi connectivity index (χ0) is 11.4. The van der Waals surface area contributed by atoms with Gasteiger partial charge in [0.15, 0.2) is 0 Å². The van der Waals surface area contributed by atoms with Crippen LogP contribution in [0.2, 0.25) is 0 Å². The highest BCUT2D eigenvalue weighted by atomic mass is 16.5. The van der Waals surface area contributed by atoms with Crippen LogP contribution in [0.15, 0.2) is 17.0 Å². The second-order valence-corrected chi connectivity index (χ2v) is 4.35. The standard InChI is InChI=1S/C11H16N2O3/c14-11(15)2-1-9-3-4-13(6-9)7-10-5-12-16-8-10/h5,8-9H,1-4,6-7H2,(H,14,15). The topological polar surface area (TPSA) is 66.6 Å². The van der Waals surface area contributed by atoms with Crippen LogP contribution in [0.25, 0.3) is 0 Å². The van der Waals surface area contributed by atoms with Crippen LogP contribution in [0, 0.1) is 5.92 Å². The van der Waals surface area contributed by atoms with Gasteiger partial charge in [0.1, 0.15) is 6.26 Å². The van der Waals surface area contributed by atoms with E-state index in [1.165, 1.54) is 0 Å². The molecule has 0 amide bonds. The molecule has 1 N–H and O–H groups in total. The fraction of sp³-hybridized carbons (Fsp3) is 0.636. The van der Waals surface area contributed by atoms with Gasteiger partial charge in [-0.3, -0.25) is 9.69 Å². The Labute approximate surface area is 94.0 Å². The first-order valence-electron chi connectivity index (χ1n) is 5.56. The molecule has 1 aliphatic heterocycles. The first-order chi connectivity index (χ1) is 7.74. The van der Waals surface area contributed by atoms with Crippen molar-refractivity contribution in [1.82, 2.24) is 10.1 Å². The van der Waals surface area contributed by atoms with Gasteiger partial charge < -0.3 is 9.63 Å². The van der Waals surface area contributed by atoms with Crippen molar-refractivity contribution in [1.29, 1.82) is 0 Å². The Bertz CT molecular complexity index is 337. The molecule has 1 saturated heterocycles. The van der Waals surface area contributed by atoms with Crippen molar-refractivity contribution in [2.75, 3.05) is 13.1 Å². The monoisotopic (exact) mass is 224 g/mol. The van der Waals surface area contributed by atoms with Gasteiger partial charge >= 0.3 is 5.97 Å². The zero-order valence-corrected chi connectivity index (χ0v) is 9.13. The van der Waals surface area contributed by atoms with Crippen molar-refractivity contribution < 1.29 is 14.4 Å². The second kappa shape index (κ2) is 5.12. The molecule has 0 spiro atoms. The summed E-state index contributed by atoms with van der Waals surface area (Å²) < 4.78 is 4.78. The van der Waals surface area contributed by atoms with E-state index in [9.17, 15) is 4.79 Å². The summed E-state index contributed by atoms with van der Waals surface area (Å²) in [6, 6.07) is 0. The Morgan fingerprint density at radius 3 is 3.25 bits per heavy atom. The van der Waals surface area contributed by atoms with E-state index in [1.54, 1.807) is 12.5 Å². The van der Waals surface area contributed by atoms with Gasteiger partial charge in [-0.05, 0) is 25.3 Å². The molecule has 5 nitrogen and oxygen atoms in total. The van der Waals surface area contributed by atoms with Crippen molar-refractivity contribution in [2.45, 2.75) is 25.8 Å². The molecule has 5 heteroatoms. The third kappa shape index (κ3) is 3.06. The van der Waals surface area contributed by atoms with E-state index >= 15 is 0 Å². The lowest BCUT2D eigenvalue weighted by Gasteiger charge is -2.13. The summed E-state index contributed by atoms with van der Waals surface area (Å²) in [5.74, 6) is -0.173. The number of nitrogens with zero attached hydrogens (tertiary/aromatic N) is 2. The number of carbonyl (C=O) groups is 1. The van der Waals surface area contributed by atoms with Gasteiger partial charge in [-0.25, -0.2) is 0 Å². The summed E-state index contributed by atoms with van der Waals surface area (Å²) in [6.45, 7) is 2.88. The van der Waals surface area contributed by atoms with Gasteiger partial charge in [-0.2, -0.15) is 0 Å². The number of hydrogen-bond acceptors (Lipinski definition) is 4. The van der Waals surface area contributed by atoms with Crippen LogP contribution in [0.5, 0.6) is 0 Å². The molecule has 1 atom stereocenters. The SMILES string of the molecule is O=C(O)CCC1CCN(Cc2cnoc2)C1. The highest BCUT2D eigenvalue weighted by Gasteiger charge is 2.23. The third-order valence-electron chi connectivity index (χ3n) is 3.03. The summed E-state index contributed by atoms with van der Waals surface area (Å²) in [6.07, 6.45) is 5.55. The normalized spacial score (nSPS) is 21.4. The van der Waals surface area contributed by atoms with Gasteiger partial charge in [-0.15, -0.1) is 0 Å². The molecule has 0 bridgehead atoms. The third-order valence-corrected chi connectivity index (χ3v) is 3.03. The lowest BCUT2D eigenvalue weighted by atomic mass is 10.0. The molecule has 1 aliphatic rings. The molecule has 0 saturated carbocycles. The molecule has 1 aromatic rings. The van der Waals surface area contributed by atoms with Crippen LogP contribution in [0.4, 0.5) is 0 Å². The number of carboxylic acids is 1. The average molecular weight is 224 g/mol. The fourth-order valence-corrected chi connectivity index (χ4v) is 2.18. The van der Waals surface area contributed by atoms with Crippen LogP contribution < -0.4 is 0 Å². The second-order valence-electron chi connectivity index (χ2n) is 4.35. The number of aromatic nitrogens is 1. The van der Waals surface area contributed by atoms with Gasteiger partial charge in [0.05, 0.1) is 6.20 Å². The van der Waals surface area contributed by atoms with Crippen LogP contribution in [0.1, 0.15) is 24.8 Å². The molecular formula is C11H16N2O3. The van der Waals surface area contributed by atoms with Gasteiger partial charge in [0.25, 0.3) is 0 Å². The number of aliphatic carboxylic acids is 1. The molecule has 0 aromatic carbocycles. The van der Waals surface area contributed by atoms with E-state index in [4.69, 9.17) is 9.63 Å². The summed E-state index contributed by atoms with van der Waals surface area (Å²) in [5, 5.41) is 12.3. The first kappa shape index (κ1) is 11.1. The van der Waals surface area contributed by atoms with Crippen molar-refractivity contribution in [3.05, 3.63) is 18.0 Å². The Balaban J connectivity index is 1.73. The largest absolute Gasteiger partial charge is 0.481 e. The smallest absolute Gasteiger partial charge is 0.303 e. The molecular weight excluding hydrogens is 208 g/mol. The average Bonchev–Trinajstić information content (AvgIpc) is 2.87. The summed E-state index contributed by atoms with van der Waals surface area (Å²) in [5.41, 5.74) is 1.08. The van der Waals surface area contributed by atoms with E-state index in [-0.39, 0.29) is 6.42 Å². The lowest BCUT2D eigenvalue weighted by molar-refractivity contribution is -0.137. The van der Waals surface area contributed by atoms with Crippen LogP contribution in [-0.4, -0.2) is 34.2 Å². The summed E-state index contributed by atoms with van der Waals surface area (Å²) >= 11 is 0. The van der Waals surface area contributed by atoms with Crippen LogP contribution in [-0.2, 0) is 11.3 Å². The predicted molar refractivity (Wildman–Crippen MR) is 56.8 cm³/mol. The molecule has 1 aromatic heterocycles. The zero-order valence-electron chi connectivity index (χ0n) is 9.13. The first-order valence-corrected chi connectivity index (χ1v) is 5.56. The summed E-state index contributed by atoms with van der Waals surface area (Å²) in [4.78, 5) is 12.8. The summed E-state index contributed by atoms with van der Waals surface area (Å²) in [7, 11) is 0. The van der Waals surface area contributed by atoms with Crippen molar-refractivity contribution in [3.8, 4) is 0 Å². The van der Waals surface area contributed by atoms with E-state index < -0.39 is 5.97 Å². The highest BCUT2D eigenvalue weighted by Crippen LogP contribution is 2.22. The van der Waals surface area contributed by atoms with E-state index in [0.717, 1.165) is 38.0 Å². The van der Waals surface area contributed by atoms with Crippen molar-refractivity contribution >= 4 is 5.97 Å². The highest BCUT2D eigenvalue weighted by molar-refractivity contribution is 5.66. The Kier molecular flexibility index (Phi) is 3.56. The Morgan fingerprint density at radius 2 is 2.56 bits per heavy atom. The minimum Gasteiger partial charge on any atom is -0.481 e. The van der Waals surface area contributed by atoms with Crippen molar-refractivity contribution in [3.63, 3.8) is 0 Å². The number of hydrogen-bond donors (Lipinski definition) is 1. The Hall–Kier alpha value is -1.36. The number of carboxylic acid groups (broad SMARTS) is 1. The molecule has 2 heterocycles. The van der Waals surface area contributed by atoms with E-state index in [0.29, 0.717) is 5.92 Å². The molecule has 1 fully saturated rings. The molecule has 0 radical (unpaired) electrons. The van der Waals surface area contributed by atoms with Crippen LogP contribution in [0.3, 0.4) is 0 Å². The number of likely N-dealkylation sites (tertiary alicyclic amines) is 1. The quantitative estimate of drug-likeness (QED) is 0.818. The van der Waals surface area contributed by atoms with Crippen molar-refractivity contribution in [2.24, 2.45) is 5.92 Å². The molecule has 2 rings (SSSR count). The van der Waals surface area contributed by atoms with Gasteiger partial charge in [0, 0.05) is 25.1 Å². The Morgan fingerprint density at radius 1 is 1.69 bits per heavy atom. The minimum absolute atomic E-state index is 0.284. The minimum atomic E-state index is -0.697. The van der Waals surface area contributed by atoms with Crippen LogP contribution >= 0.6 is 0 Å². The lowest BCUT2D eigenvalue weighted by Crippen LogP contribution is -2.20. The maximum Gasteiger partial charge on any atom is 0.303 e.